The van der Waals surface area contributed by atoms with Gasteiger partial charge in [-0.3, -0.25) is 4.79 Å². The molecule has 1 aliphatic rings. The number of hydrogen-bond acceptors (Lipinski definition) is 5. The highest BCUT2D eigenvalue weighted by Gasteiger charge is 2.32. The molecular formula is C17H19N5OS. The van der Waals surface area contributed by atoms with Crippen LogP contribution in [-0.4, -0.2) is 24.4 Å². The fourth-order valence-corrected chi connectivity index (χ4v) is 4.09. The van der Waals surface area contributed by atoms with Gasteiger partial charge in [-0.05, 0) is 24.5 Å². The van der Waals surface area contributed by atoms with Gasteiger partial charge in [0, 0.05) is 17.9 Å². The number of anilines is 1. The van der Waals surface area contributed by atoms with E-state index in [1.807, 2.05) is 29.1 Å². The molecule has 124 valence electrons. The summed E-state index contributed by atoms with van der Waals surface area (Å²) < 4.78 is 10.7. The van der Waals surface area contributed by atoms with Crippen molar-refractivity contribution in [2.75, 3.05) is 5.32 Å². The number of carbonyl (C=O) groups excluding carboxylic acids is 1. The number of hydrogen-bond donors (Lipinski definition) is 1. The van der Waals surface area contributed by atoms with Crippen molar-refractivity contribution in [3.05, 3.63) is 35.5 Å². The highest BCUT2D eigenvalue weighted by molar-refractivity contribution is 7.00. The molecule has 1 amide bonds. The van der Waals surface area contributed by atoms with Gasteiger partial charge in [-0.25, -0.2) is 4.68 Å². The monoisotopic (exact) mass is 341 g/mol. The second-order valence-corrected chi connectivity index (χ2v) is 6.68. The number of nitrogens with one attached hydrogen (secondary N) is 1. The second kappa shape index (κ2) is 5.98. The van der Waals surface area contributed by atoms with Crippen LogP contribution in [-0.2, 0) is 4.79 Å². The lowest BCUT2D eigenvalue weighted by Crippen LogP contribution is -2.26. The van der Waals surface area contributed by atoms with E-state index >= 15 is 0 Å². The minimum atomic E-state index is -0.0236. The summed E-state index contributed by atoms with van der Waals surface area (Å²) in [7, 11) is 0. The maximum Gasteiger partial charge on any atom is 0.226 e. The van der Waals surface area contributed by atoms with Crippen LogP contribution >= 0.6 is 11.7 Å². The van der Waals surface area contributed by atoms with E-state index in [0.717, 1.165) is 40.8 Å². The van der Waals surface area contributed by atoms with E-state index < -0.39 is 0 Å². The number of carbonyl (C=O) groups is 1. The Labute approximate surface area is 144 Å². The van der Waals surface area contributed by atoms with Gasteiger partial charge in [0.1, 0.15) is 16.9 Å². The van der Waals surface area contributed by atoms with E-state index in [-0.39, 0.29) is 11.8 Å². The predicted molar refractivity (Wildman–Crippen MR) is 94.4 cm³/mol. The van der Waals surface area contributed by atoms with E-state index in [1.54, 1.807) is 0 Å². The van der Waals surface area contributed by atoms with Crippen molar-refractivity contribution in [3.63, 3.8) is 0 Å². The first-order valence-electron chi connectivity index (χ1n) is 8.31. The highest BCUT2D eigenvalue weighted by atomic mass is 32.1. The molecule has 3 heterocycles. The molecule has 3 aromatic rings. The standard InChI is InChI=1S/C17H19N5OS/c1-3-10(4-2)22-17-13(9-18-22)12(8-15(23)19-17)11-6-5-7-14-16(11)21-24-20-14/h5-7,9-10,12H,3-4,8H2,1-2H3,(H,19,23)/t12-/m1/s1. The third-order valence-corrected chi connectivity index (χ3v) is 5.37. The Kier molecular flexibility index (Phi) is 3.80. The van der Waals surface area contributed by atoms with Crippen LogP contribution in [0.4, 0.5) is 5.82 Å². The molecule has 1 atom stereocenters. The van der Waals surface area contributed by atoms with Gasteiger partial charge in [-0.2, -0.15) is 13.8 Å². The molecule has 7 heteroatoms. The molecule has 24 heavy (non-hydrogen) atoms. The molecule has 4 rings (SSSR count). The molecule has 0 fully saturated rings. The largest absolute Gasteiger partial charge is 0.311 e. The van der Waals surface area contributed by atoms with Crippen molar-refractivity contribution >= 4 is 34.5 Å². The van der Waals surface area contributed by atoms with Gasteiger partial charge in [0.25, 0.3) is 0 Å². The number of nitrogens with zero attached hydrogens (tertiary/aromatic N) is 4. The van der Waals surface area contributed by atoms with Crippen LogP contribution in [0.3, 0.4) is 0 Å². The summed E-state index contributed by atoms with van der Waals surface area (Å²) in [5, 5.41) is 7.61. The average Bonchev–Trinajstić information content (AvgIpc) is 3.22. The molecule has 0 unspecified atom stereocenters. The van der Waals surface area contributed by atoms with E-state index in [1.165, 1.54) is 11.7 Å². The smallest absolute Gasteiger partial charge is 0.226 e. The Morgan fingerprint density at radius 3 is 2.92 bits per heavy atom. The van der Waals surface area contributed by atoms with Crippen LogP contribution in [0.2, 0.25) is 0 Å². The van der Waals surface area contributed by atoms with Crippen LogP contribution in [0.25, 0.3) is 11.0 Å². The van der Waals surface area contributed by atoms with Crippen molar-refractivity contribution in [3.8, 4) is 0 Å². The molecule has 0 saturated heterocycles. The Bertz CT molecular complexity index is 895. The van der Waals surface area contributed by atoms with Crippen molar-refractivity contribution in [2.24, 2.45) is 0 Å². The summed E-state index contributed by atoms with van der Waals surface area (Å²) in [4.78, 5) is 12.3. The first-order chi connectivity index (χ1) is 11.7. The summed E-state index contributed by atoms with van der Waals surface area (Å²) in [5.74, 6) is 0.843. The van der Waals surface area contributed by atoms with Crippen LogP contribution in [0.15, 0.2) is 24.4 Å². The van der Waals surface area contributed by atoms with Crippen LogP contribution in [0, 0.1) is 0 Å². The number of fused-ring (bicyclic) bond motifs is 2. The SMILES string of the molecule is CCC(CC)n1ncc2c1NC(=O)C[C@@H]2c1cccc2nsnc12. The molecule has 0 bridgehead atoms. The third-order valence-electron chi connectivity index (χ3n) is 4.83. The summed E-state index contributed by atoms with van der Waals surface area (Å²) in [5.41, 5.74) is 3.91. The fraction of sp³-hybridized carbons (Fsp3) is 0.412. The zero-order valence-corrected chi connectivity index (χ0v) is 14.5. The van der Waals surface area contributed by atoms with Crippen LogP contribution in [0.1, 0.15) is 56.2 Å². The Morgan fingerprint density at radius 2 is 2.12 bits per heavy atom. The molecule has 0 spiro atoms. The number of rotatable bonds is 4. The van der Waals surface area contributed by atoms with Gasteiger partial charge < -0.3 is 5.32 Å². The average molecular weight is 341 g/mol. The molecule has 0 saturated carbocycles. The molecule has 6 nitrogen and oxygen atoms in total. The van der Waals surface area contributed by atoms with Gasteiger partial charge in [-0.15, -0.1) is 0 Å². The summed E-state index contributed by atoms with van der Waals surface area (Å²) in [6.07, 6.45) is 4.28. The third kappa shape index (κ3) is 2.31. The second-order valence-electron chi connectivity index (χ2n) is 6.15. The van der Waals surface area contributed by atoms with Gasteiger partial charge in [0.05, 0.1) is 24.0 Å². The molecular weight excluding hydrogens is 322 g/mol. The van der Waals surface area contributed by atoms with Gasteiger partial charge in [0.2, 0.25) is 5.91 Å². The molecule has 2 aromatic heterocycles. The lowest BCUT2D eigenvalue weighted by molar-refractivity contribution is -0.116. The fourth-order valence-electron chi connectivity index (χ4n) is 3.54. The van der Waals surface area contributed by atoms with Crippen molar-refractivity contribution in [2.45, 2.75) is 45.1 Å². The minimum absolute atomic E-state index is 0.0236. The van der Waals surface area contributed by atoms with Gasteiger partial charge in [0.15, 0.2) is 0 Å². The van der Waals surface area contributed by atoms with Gasteiger partial charge in [-0.1, -0.05) is 26.0 Å². The summed E-state index contributed by atoms with van der Waals surface area (Å²) >= 11 is 1.21. The molecule has 1 aromatic carbocycles. The Morgan fingerprint density at radius 1 is 1.29 bits per heavy atom. The topological polar surface area (TPSA) is 72.7 Å². The first-order valence-corrected chi connectivity index (χ1v) is 9.04. The maximum absolute atomic E-state index is 12.3. The predicted octanol–water partition coefficient (Wildman–Crippen LogP) is 3.72. The number of aromatic nitrogens is 4. The lowest BCUT2D eigenvalue weighted by Gasteiger charge is -2.25. The summed E-state index contributed by atoms with van der Waals surface area (Å²) in [6, 6.07) is 6.28. The van der Waals surface area contributed by atoms with Crippen molar-refractivity contribution in [1.29, 1.82) is 0 Å². The lowest BCUT2D eigenvalue weighted by atomic mass is 9.86. The van der Waals surface area contributed by atoms with E-state index in [0.29, 0.717) is 12.5 Å². The molecule has 1 N–H and O–H groups in total. The van der Waals surface area contributed by atoms with Gasteiger partial charge >= 0.3 is 0 Å². The normalized spacial score (nSPS) is 17.3. The van der Waals surface area contributed by atoms with Crippen molar-refractivity contribution in [1.82, 2.24) is 18.5 Å². The maximum atomic E-state index is 12.3. The number of amides is 1. The zero-order valence-electron chi connectivity index (χ0n) is 13.7. The number of benzene rings is 1. The quantitative estimate of drug-likeness (QED) is 0.785. The zero-order chi connectivity index (χ0) is 16.7. The van der Waals surface area contributed by atoms with Crippen molar-refractivity contribution < 1.29 is 4.79 Å². The van der Waals surface area contributed by atoms with Crippen LogP contribution in [0.5, 0.6) is 0 Å². The van der Waals surface area contributed by atoms with E-state index in [9.17, 15) is 4.79 Å². The molecule has 1 aliphatic heterocycles. The molecule has 0 aliphatic carbocycles. The van der Waals surface area contributed by atoms with Crippen LogP contribution < -0.4 is 5.32 Å². The summed E-state index contributed by atoms with van der Waals surface area (Å²) in [6.45, 7) is 4.29. The Balaban J connectivity index is 1.85. The highest BCUT2D eigenvalue weighted by Crippen LogP contribution is 2.40. The minimum Gasteiger partial charge on any atom is -0.311 e. The Hall–Kier alpha value is -2.28. The molecule has 0 radical (unpaired) electrons. The van der Waals surface area contributed by atoms with E-state index in [4.69, 9.17) is 0 Å². The van der Waals surface area contributed by atoms with E-state index in [2.05, 4.69) is 33.0 Å². The first kappa shape index (κ1) is 15.3.